The van der Waals surface area contributed by atoms with Gasteiger partial charge in [0.1, 0.15) is 23.8 Å². The molecule has 40 heavy (non-hydrogen) atoms. The predicted octanol–water partition coefficient (Wildman–Crippen LogP) is 6.02. The Morgan fingerprint density at radius 2 is 1.75 bits per heavy atom. The highest BCUT2D eigenvalue weighted by molar-refractivity contribution is 7.92. The van der Waals surface area contributed by atoms with Crippen molar-refractivity contribution in [3.05, 3.63) is 95.4 Å². The lowest BCUT2D eigenvalue weighted by molar-refractivity contribution is -0.137. The molecule has 1 N–H and O–H groups in total. The Balaban J connectivity index is 1.30. The monoisotopic (exact) mass is 574 g/mol. The van der Waals surface area contributed by atoms with Crippen molar-refractivity contribution < 1.29 is 45.4 Å². The number of aryl methyl sites for hydroxylation is 1. The molecule has 0 bridgehead atoms. The van der Waals surface area contributed by atoms with E-state index in [1.807, 2.05) is 0 Å². The van der Waals surface area contributed by atoms with E-state index in [1.165, 1.54) is 36.4 Å². The van der Waals surface area contributed by atoms with Gasteiger partial charge in [0.05, 0.1) is 16.1 Å². The lowest BCUT2D eigenvalue weighted by atomic mass is 10.1. The quantitative estimate of drug-likeness (QED) is 0.266. The molecule has 1 atom stereocenters. The maximum absolute atomic E-state index is 13.5. The first-order valence-electron chi connectivity index (χ1n) is 11.8. The molecule has 5 rings (SSSR count). The topological polar surface area (TPSA) is 119 Å². The highest BCUT2D eigenvalue weighted by Crippen LogP contribution is 2.37. The standard InChI is InChI=1S/C27H21F3N2O7S/c1-16-22(31-25(38-16)17-6-8-19(9-7-17)27(28,29)30)15-37-20-10-12-21(13-11-20)40(35,36)32-23-5-3-2-4-18(23)14-24(32)39-26(33)34/h2-13,24H,14-15H2,1H3,(H,33,34)/t24-/m1/s1. The van der Waals surface area contributed by atoms with E-state index in [0.717, 1.165) is 16.4 Å². The Morgan fingerprint density at radius 1 is 1.07 bits per heavy atom. The third kappa shape index (κ3) is 5.32. The molecule has 0 amide bonds. The molecule has 1 aromatic heterocycles. The Kier molecular flexibility index (Phi) is 6.92. The number of oxazole rings is 1. The summed E-state index contributed by atoms with van der Waals surface area (Å²) in [6, 6.07) is 16.6. The lowest BCUT2D eigenvalue weighted by Gasteiger charge is -2.25. The van der Waals surface area contributed by atoms with Crippen molar-refractivity contribution in [2.24, 2.45) is 0 Å². The van der Waals surface area contributed by atoms with Crippen LogP contribution < -0.4 is 9.04 Å². The zero-order valence-electron chi connectivity index (χ0n) is 20.8. The fourth-order valence-corrected chi connectivity index (χ4v) is 5.85. The van der Waals surface area contributed by atoms with Crippen molar-refractivity contribution in [3.63, 3.8) is 0 Å². The molecule has 208 valence electrons. The summed E-state index contributed by atoms with van der Waals surface area (Å²) in [5.41, 5.74) is 0.960. The van der Waals surface area contributed by atoms with Crippen molar-refractivity contribution in [2.45, 2.75) is 37.3 Å². The average molecular weight is 575 g/mol. The summed E-state index contributed by atoms with van der Waals surface area (Å²) in [6.45, 7) is 1.59. The second-order valence-electron chi connectivity index (χ2n) is 8.83. The van der Waals surface area contributed by atoms with Crippen molar-refractivity contribution in [1.82, 2.24) is 4.98 Å². The minimum absolute atomic E-state index is 0.0455. The van der Waals surface area contributed by atoms with Gasteiger partial charge in [-0.15, -0.1) is 0 Å². The molecule has 0 fully saturated rings. The van der Waals surface area contributed by atoms with Crippen LogP contribution in [0.3, 0.4) is 0 Å². The molecule has 3 aromatic carbocycles. The zero-order chi connectivity index (χ0) is 28.7. The van der Waals surface area contributed by atoms with Gasteiger partial charge < -0.3 is 19.0 Å². The third-order valence-corrected chi connectivity index (χ3v) is 8.05. The molecular weight excluding hydrogens is 553 g/mol. The summed E-state index contributed by atoms with van der Waals surface area (Å²) in [4.78, 5) is 15.4. The second-order valence-corrected chi connectivity index (χ2v) is 10.6. The summed E-state index contributed by atoms with van der Waals surface area (Å²) < 4.78 is 82.5. The minimum atomic E-state index is -4.45. The Morgan fingerprint density at radius 3 is 2.40 bits per heavy atom. The van der Waals surface area contributed by atoms with Crippen LogP contribution in [-0.4, -0.2) is 30.9 Å². The van der Waals surface area contributed by atoms with Crippen molar-refractivity contribution >= 4 is 21.9 Å². The van der Waals surface area contributed by atoms with Crippen LogP contribution in [-0.2, 0) is 34.0 Å². The Bertz CT molecular complexity index is 1650. The van der Waals surface area contributed by atoms with E-state index in [9.17, 15) is 26.4 Å². The summed E-state index contributed by atoms with van der Waals surface area (Å²) in [5, 5.41) is 9.11. The van der Waals surface area contributed by atoms with E-state index in [2.05, 4.69) is 4.98 Å². The third-order valence-electron chi connectivity index (χ3n) is 6.23. The molecule has 0 unspecified atom stereocenters. The number of carbonyl (C=O) groups is 1. The number of ether oxygens (including phenoxy) is 2. The van der Waals surface area contributed by atoms with Gasteiger partial charge in [0.2, 0.25) is 5.89 Å². The second kappa shape index (κ2) is 10.2. The largest absolute Gasteiger partial charge is 0.507 e. The number of hydrogen-bond donors (Lipinski definition) is 1. The molecule has 0 spiro atoms. The highest BCUT2D eigenvalue weighted by Gasteiger charge is 2.40. The molecule has 0 saturated heterocycles. The molecule has 1 aliphatic rings. The fraction of sp³-hybridized carbons (Fsp3) is 0.185. The zero-order valence-corrected chi connectivity index (χ0v) is 21.6. The maximum atomic E-state index is 13.5. The molecule has 13 heteroatoms. The van der Waals surface area contributed by atoms with Crippen LogP contribution in [0, 0.1) is 6.92 Å². The number of aromatic nitrogens is 1. The number of halogens is 3. The molecular formula is C27H21F3N2O7S. The Hall–Kier alpha value is -4.52. The number of alkyl halides is 3. The highest BCUT2D eigenvalue weighted by atomic mass is 32.2. The van der Waals surface area contributed by atoms with Gasteiger partial charge in [-0.2, -0.15) is 13.2 Å². The molecule has 0 radical (unpaired) electrons. The Labute approximate surface area is 226 Å². The van der Waals surface area contributed by atoms with Crippen molar-refractivity contribution in [3.8, 4) is 17.2 Å². The summed E-state index contributed by atoms with van der Waals surface area (Å²) in [5.74, 6) is 0.860. The first kappa shape index (κ1) is 27.1. The van der Waals surface area contributed by atoms with Gasteiger partial charge >= 0.3 is 12.3 Å². The molecule has 4 aromatic rings. The number of hydrogen-bond acceptors (Lipinski definition) is 7. The van der Waals surface area contributed by atoms with Gasteiger partial charge in [-0.1, -0.05) is 18.2 Å². The van der Waals surface area contributed by atoms with E-state index in [4.69, 9.17) is 19.0 Å². The van der Waals surface area contributed by atoms with Crippen molar-refractivity contribution in [2.75, 3.05) is 4.31 Å². The SMILES string of the molecule is Cc1oc(-c2ccc(C(F)(F)F)cc2)nc1COc1ccc(S(=O)(=O)N2c3ccccc3C[C@H]2OC(=O)O)cc1. The van der Waals surface area contributed by atoms with Gasteiger partial charge in [0.25, 0.3) is 10.0 Å². The number of para-hydroxylation sites is 1. The van der Waals surface area contributed by atoms with Gasteiger partial charge in [-0.3, -0.25) is 0 Å². The number of fused-ring (bicyclic) bond motifs is 1. The van der Waals surface area contributed by atoms with Crippen LogP contribution >= 0.6 is 0 Å². The van der Waals surface area contributed by atoms with E-state index in [-0.39, 0.29) is 23.8 Å². The van der Waals surface area contributed by atoms with Gasteiger partial charge in [0, 0.05) is 12.0 Å². The first-order valence-corrected chi connectivity index (χ1v) is 13.3. The van der Waals surface area contributed by atoms with Crippen molar-refractivity contribution in [1.29, 1.82) is 0 Å². The maximum Gasteiger partial charge on any atom is 0.507 e. The summed E-state index contributed by atoms with van der Waals surface area (Å²) in [7, 11) is -4.19. The van der Waals surface area contributed by atoms with Crippen LogP contribution in [0.5, 0.6) is 5.75 Å². The van der Waals surface area contributed by atoms with Crippen LogP contribution in [0.2, 0.25) is 0 Å². The van der Waals surface area contributed by atoms with Crippen LogP contribution in [0.25, 0.3) is 11.5 Å². The normalized spacial score (nSPS) is 15.1. The van der Waals surface area contributed by atoms with E-state index < -0.39 is 34.1 Å². The van der Waals surface area contributed by atoms with Gasteiger partial charge in [0.15, 0.2) is 6.23 Å². The summed E-state index contributed by atoms with van der Waals surface area (Å²) >= 11 is 0. The number of benzene rings is 3. The number of carboxylic acid groups (broad SMARTS) is 1. The van der Waals surface area contributed by atoms with Gasteiger partial charge in [-0.25, -0.2) is 22.5 Å². The van der Waals surface area contributed by atoms with E-state index in [0.29, 0.717) is 34.0 Å². The van der Waals surface area contributed by atoms with Crippen LogP contribution in [0.4, 0.5) is 23.7 Å². The minimum Gasteiger partial charge on any atom is -0.487 e. The molecule has 1 aliphatic heterocycles. The lowest BCUT2D eigenvalue weighted by Crippen LogP contribution is -2.40. The molecule has 9 nitrogen and oxygen atoms in total. The fourth-order valence-electron chi connectivity index (χ4n) is 4.28. The van der Waals surface area contributed by atoms with E-state index >= 15 is 0 Å². The predicted molar refractivity (Wildman–Crippen MR) is 135 cm³/mol. The number of sulfonamides is 1. The molecule has 0 aliphatic carbocycles. The molecule has 2 heterocycles. The smallest absolute Gasteiger partial charge is 0.487 e. The number of anilines is 1. The number of nitrogens with zero attached hydrogens (tertiary/aromatic N) is 2. The molecule has 0 saturated carbocycles. The van der Waals surface area contributed by atoms with E-state index in [1.54, 1.807) is 31.2 Å². The summed E-state index contributed by atoms with van der Waals surface area (Å²) in [6.07, 6.45) is -7.21. The van der Waals surface area contributed by atoms with Gasteiger partial charge in [-0.05, 0) is 67.1 Å². The number of rotatable bonds is 7. The van der Waals surface area contributed by atoms with Crippen LogP contribution in [0.1, 0.15) is 22.6 Å². The first-order chi connectivity index (χ1) is 18.9. The van der Waals surface area contributed by atoms with Crippen LogP contribution in [0.15, 0.2) is 82.1 Å². The average Bonchev–Trinajstić information content (AvgIpc) is 3.46.